The zero-order valence-electron chi connectivity index (χ0n) is 15.2. The standard InChI is InChI=1S/C21H18O6S/c1-13(2)21(24)26-10-9-25-19(22)12-27-14-7-8-16-18(11-14)28-17-6-4-3-5-15(17)20(16)23/h3-8,11H,1,9-10,12H2,2H3. The molecule has 0 saturated carbocycles. The fraction of sp³-hybridized carbons (Fsp3) is 0.190. The van der Waals surface area contributed by atoms with Crippen LogP contribution in [0.25, 0.3) is 20.2 Å². The van der Waals surface area contributed by atoms with Gasteiger partial charge in [-0.1, -0.05) is 18.7 Å². The number of benzene rings is 2. The van der Waals surface area contributed by atoms with Crippen LogP contribution in [0.4, 0.5) is 0 Å². The molecule has 0 bridgehead atoms. The van der Waals surface area contributed by atoms with Gasteiger partial charge in [0.25, 0.3) is 0 Å². The van der Waals surface area contributed by atoms with Crippen molar-refractivity contribution in [1.29, 1.82) is 0 Å². The topological polar surface area (TPSA) is 78.9 Å². The van der Waals surface area contributed by atoms with E-state index in [0.717, 1.165) is 9.40 Å². The van der Waals surface area contributed by atoms with Gasteiger partial charge in [-0.25, -0.2) is 9.59 Å². The first kappa shape index (κ1) is 19.6. The molecule has 0 N–H and O–H groups in total. The second kappa shape index (κ2) is 8.67. The fourth-order valence-electron chi connectivity index (χ4n) is 2.47. The number of hydrogen-bond acceptors (Lipinski definition) is 7. The first-order valence-corrected chi connectivity index (χ1v) is 9.34. The molecule has 0 amide bonds. The molecule has 0 atom stereocenters. The number of fused-ring (bicyclic) bond motifs is 2. The Morgan fingerprint density at radius 3 is 2.50 bits per heavy atom. The van der Waals surface area contributed by atoms with E-state index < -0.39 is 11.9 Å². The summed E-state index contributed by atoms with van der Waals surface area (Å²) in [5.74, 6) is -0.655. The highest BCUT2D eigenvalue weighted by atomic mass is 32.1. The largest absolute Gasteiger partial charge is 0.482 e. The summed E-state index contributed by atoms with van der Waals surface area (Å²) in [6.07, 6.45) is 0. The highest BCUT2D eigenvalue weighted by molar-refractivity contribution is 7.24. The lowest BCUT2D eigenvalue weighted by molar-refractivity contribution is -0.151. The average molecular weight is 398 g/mol. The van der Waals surface area contributed by atoms with E-state index in [9.17, 15) is 14.4 Å². The molecule has 7 heteroatoms. The average Bonchev–Trinajstić information content (AvgIpc) is 2.69. The lowest BCUT2D eigenvalue weighted by atomic mass is 10.2. The number of esters is 2. The van der Waals surface area contributed by atoms with E-state index in [4.69, 9.17) is 14.2 Å². The van der Waals surface area contributed by atoms with Gasteiger partial charge in [0.2, 0.25) is 0 Å². The van der Waals surface area contributed by atoms with Gasteiger partial charge in [-0.3, -0.25) is 4.79 Å². The minimum absolute atomic E-state index is 0.0281. The molecular weight excluding hydrogens is 380 g/mol. The van der Waals surface area contributed by atoms with Gasteiger partial charge in [0, 0.05) is 25.7 Å². The molecule has 0 fully saturated rings. The predicted molar refractivity (Wildman–Crippen MR) is 108 cm³/mol. The smallest absolute Gasteiger partial charge is 0.344 e. The van der Waals surface area contributed by atoms with Crippen molar-refractivity contribution in [1.82, 2.24) is 0 Å². The summed E-state index contributed by atoms with van der Waals surface area (Å²) in [4.78, 5) is 35.5. The van der Waals surface area contributed by atoms with Crippen molar-refractivity contribution < 1.29 is 23.8 Å². The summed E-state index contributed by atoms with van der Waals surface area (Å²) < 4.78 is 16.9. The number of carbonyl (C=O) groups excluding carboxylic acids is 2. The Kier molecular flexibility index (Phi) is 6.06. The van der Waals surface area contributed by atoms with Crippen LogP contribution in [0.3, 0.4) is 0 Å². The molecule has 3 aromatic rings. The zero-order valence-corrected chi connectivity index (χ0v) is 16.0. The van der Waals surface area contributed by atoms with Crippen LogP contribution in [0.5, 0.6) is 5.75 Å². The van der Waals surface area contributed by atoms with Crippen LogP contribution in [0.15, 0.2) is 59.4 Å². The Bertz CT molecular complexity index is 1110. The molecule has 0 aliphatic rings. The number of hydrogen-bond donors (Lipinski definition) is 0. The SMILES string of the molecule is C=C(C)C(=O)OCCOC(=O)COc1ccc2c(=O)c3ccccc3sc2c1. The number of carbonyl (C=O) groups is 2. The summed E-state index contributed by atoms with van der Waals surface area (Å²) in [6.45, 7) is 4.59. The van der Waals surface area contributed by atoms with E-state index in [1.54, 1.807) is 18.2 Å². The van der Waals surface area contributed by atoms with E-state index >= 15 is 0 Å². The summed E-state index contributed by atoms with van der Waals surface area (Å²) in [5, 5.41) is 1.29. The van der Waals surface area contributed by atoms with Crippen LogP contribution in [-0.4, -0.2) is 31.8 Å². The van der Waals surface area contributed by atoms with Gasteiger partial charge in [-0.2, -0.15) is 0 Å². The second-order valence-corrected chi connectivity index (χ2v) is 7.09. The van der Waals surface area contributed by atoms with Crippen molar-refractivity contribution in [3.63, 3.8) is 0 Å². The van der Waals surface area contributed by atoms with E-state index in [1.807, 2.05) is 24.3 Å². The summed E-state index contributed by atoms with van der Waals surface area (Å²) in [7, 11) is 0. The van der Waals surface area contributed by atoms with Crippen molar-refractivity contribution in [3.8, 4) is 5.75 Å². The minimum atomic E-state index is -0.585. The Hall–Kier alpha value is -3.19. The lowest BCUT2D eigenvalue weighted by Gasteiger charge is -2.08. The highest BCUT2D eigenvalue weighted by Gasteiger charge is 2.09. The van der Waals surface area contributed by atoms with Gasteiger partial charge in [-0.15, -0.1) is 11.3 Å². The molecule has 3 rings (SSSR count). The monoisotopic (exact) mass is 398 g/mol. The summed E-state index contributed by atoms with van der Waals surface area (Å²) in [6, 6.07) is 12.5. The molecule has 0 saturated heterocycles. The molecule has 28 heavy (non-hydrogen) atoms. The van der Waals surface area contributed by atoms with Gasteiger partial charge in [0.05, 0.1) is 0 Å². The molecule has 0 aliphatic carbocycles. The molecule has 0 radical (unpaired) electrons. The first-order valence-electron chi connectivity index (χ1n) is 8.52. The van der Waals surface area contributed by atoms with Gasteiger partial charge < -0.3 is 14.2 Å². The predicted octanol–water partition coefficient (Wildman–Crippen LogP) is 3.46. The number of rotatable bonds is 7. The molecule has 144 valence electrons. The third kappa shape index (κ3) is 4.55. The molecule has 1 aromatic heterocycles. The molecule has 0 unspecified atom stereocenters. The fourth-order valence-corrected chi connectivity index (χ4v) is 3.57. The van der Waals surface area contributed by atoms with Crippen molar-refractivity contribution in [2.24, 2.45) is 0 Å². The van der Waals surface area contributed by atoms with Crippen LogP contribution < -0.4 is 10.2 Å². The molecule has 2 aromatic carbocycles. The van der Waals surface area contributed by atoms with E-state index in [0.29, 0.717) is 16.5 Å². The van der Waals surface area contributed by atoms with E-state index in [2.05, 4.69) is 6.58 Å². The van der Waals surface area contributed by atoms with Gasteiger partial charge in [-0.05, 0) is 37.3 Å². The van der Waals surface area contributed by atoms with Crippen LogP contribution in [0, 0.1) is 0 Å². The van der Waals surface area contributed by atoms with E-state index in [-0.39, 0.29) is 30.8 Å². The van der Waals surface area contributed by atoms with Crippen molar-refractivity contribution in [2.45, 2.75) is 6.92 Å². The molecular formula is C21H18O6S. The Labute approximate surface area is 165 Å². The number of ether oxygens (including phenoxy) is 3. The molecule has 0 aliphatic heterocycles. The van der Waals surface area contributed by atoms with Crippen LogP contribution in [0.1, 0.15) is 6.92 Å². The van der Waals surface area contributed by atoms with Crippen molar-refractivity contribution in [3.05, 3.63) is 64.8 Å². The Morgan fingerprint density at radius 2 is 1.71 bits per heavy atom. The molecule has 0 spiro atoms. The van der Waals surface area contributed by atoms with Crippen LogP contribution in [-0.2, 0) is 19.1 Å². The third-order valence-electron chi connectivity index (χ3n) is 3.83. The van der Waals surface area contributed by atoms with Gasteiger partial charge in [0.1, 0.15) is 19.0 Å². The van der Waals surface area contributed by atoms with Crippen LogP contribution >= 0.6 is 11.3 Å². The maximum Gasteiger partial charge on any atom is 0.344 e. The highest BCUT2D eigenvalue weighted by Crippen LogP contribution is 2.27. The van der Waals surface area contributed by atoms with Gasteiger partial charge >= 0.3 is 11.9 Å². The maximum atomic E-state index is 12.6. The third-order valence-corrected chi connectivity index (χ3v) is 4.97. The van der Waals surface area contributed by atoms with Crippen molar-refractivity contribution in [2.75, 3.05) is 19.8 Å². The first-order chi connectivity index (χ1) is 13.5. The minimum Gasteiger partial charge on any atom is -0.482 e. The van der Waals surface area contributed by atoms with Crippen molar-refractivity contribution >= 4 is 43.4 Å². The Morgan fingerprint density at radius 1 is 1.00 bits per heavy atom. The molecule has 6 nitrogen and oxygen atoms in total. The summed E-state index contributed by atoms with van der Waals surface area (Å²) >= 11 is 1.48. The molecule has 1 heterocycles. The maximum absolute atomic E-state index is 12.6. The lowest BCUT2D eigenvalue weighted by Crippen LogP contribution is -2.18. The second-order valence-electron chi connectivity index (χ2n) is 6.01. The zero-order chi connectivity index (χ0) is 20.1. The van der Waals surface area contributed by atoms with Gasteiger partial charge in [0.15, 0.2) is 12.0 Å². The quantitative estimate of drug-likeness (QED) is 0.262. The van der Waals surface area contributed by atoms with Crippen LogP contribution in [0.2, 0.25) is 0 Å². The Balaban J connectivity index is 1.59. The summed E-state index contributed by atoms with van der Waals surface area (Å²) in [5.41, 5.74) is 0.251. The normalized spacial score (nSPS) is 10.6. The van der Waals surface area contributed by atoms with E-state index in [1.165, 1.54) is 18.3 Å².